The molecule has 0 aliphatic carbocycles. The van der Waals surface area contributed by atoms with Gasteiger partial charge in [-0.3, -0.25) is 4.68 Å². The lowest BCUT2D eigenvalue weighted by atomic mass is 10.3. The maximum atomic E-state index is 4.11. The van der Waals surface area contributed by atoms with E-state index in [4.69, 9.17) is 0 Å². The molecule has 0 aromatic carbocycles. The zero-order valence-corrected chi connectivity index (χ0v) is 9.27. The number of hydrogen-bond donors (Lipinski definition) is 1. The van der Waals surface area contributed by atoms with Gasteiger partial charge in [0.2, 0.25) is 0 Å². The molecule has 4 heteroatoms. The quantitative estimate of drug-likeness (QED) is 0.774. The van der Waals surface area contributed by atoms with E-state index in [2.05, 4.69) is 23.6 Å². The molecule has 0 radical (unpaired) electrons. The number of hydrogen-bond acceptors (Lipinski definition) is 3. The van der Waals surface area contributed by atoms with E-state index in [1.807, 2.05) is 35.9 Å². The number of nitrogens with zero attached hydrogens (tertiary/aromatic N) is 2. The third-order valence-corrected chi connectivity index (χ3v) is 2.89. The number of rotatable bonds is 5. The van der Waals surface area contributed by atoms with Crippen LogP contribution in [0.15, 0.2) is 12.4 Å². The van der Waals surface area contributed by atoms with Gasteiger partial charge in [0.15, 0.2) is 0 Å². The Kier molecular flexibility index (Phi) is 4.32. The Morgan fingerprint density at radius 1 is 1.69 bits per heavy atom. The third kappa shape index (κ3) is 3.83. The highest BCUT2D eigenvalue weighted by Gasteiger charge is 1.99. The van der Waals surface area contributed by atoms with Crippen LogP contribution in [-0.4, -0.2) is 27.8 Å². The molecule has 74 valence electrons. The van der Waals surface area contributed by atoms with Crippen molar-refractivity contribution in [1.29, 1.82) is 0 Å². The minimum Gasteiger partial charge on any atom is -0.311 e. The highest BCUT2D eigenvalue weighted by molar-refractivity contribution is 7.99. The standard InChI is InChI=1S/C9H17N3S/c1-8(13-3)4-10-5-9-6-11-12(2)7-9/h6-8,10H,4-5H2,1-3H3. The second kappa shape index (κ2) is 5.29. The Hall–Kier alpha value is -0.480. The average Bonchev–Trinajstić information content (AvgIpc) is 2.51. The second-order valence-corrected chi connectivity index (χ2v) is 4.48. The van der Waals surface area contributed by atoms with E-state index in [0.29, 0.717) is 5.25 Å². The fraction of sp³-hybridized carbons (Fsp3) is 0.667. The molecule has 0 saturated heterocycles. The van der Waals surface area contributed by atoms with Crippen LogP contribution in [0.1, 0.15) is 12.5 Å². The van der Waals surface area contributed by atoms with E-state index >= 15 is 0 Å². The first-order chi connectivity index (χ1) is 6.22. The van der Waals surface area contributed by atoms with Gasteiger partial charge in [0.25, 0.3) is 0 Å². The summed E-state index contributed by atoms with van der Waals surface area (Å²) in [6.07, 6.45) is 6.07. The smallest absolute Gasteiger partial charge is 0.0534 e. The molecule has 0 spiro atoms. The minimum atomic E-state index is 0.677. The van der Waals surface area contributed by atoms with Crippen LogP contribution in [0.25, 0.3) is 0 Å². The van der Waals surface area contributed by atoms with E-state index in [9.17, 15) is 0 Å². The Labute approximate surface area is 83.9 Å². The molecule has 0 aliphatic heterocycles. The Morgan fingerprint density at radius 2 is 2.46 bits per heavy atom. The number of aryl methyl sites for hydroxylation is 1. The maximum absolute atomic E-state index is 4.11. The largest absolute Gasteiger partial charge is 0.311 e. The van der Waals surface area contributed by atoms with Gasteiger partial charge >= 0.3 is 0 Å². The van der Waals surface area contributed by atoms with Gasteiger partial charge in [-0.1, -0.05) is 6.92 Å². The van der Waals surface area contributed by atoms with Gasteiger partial charge in [-0.05, 0) is 6.26 Å². The lowest BCUT2D eigenvalue weighted by molar-refractivity contribution is 0.683. The van der Waals surface area contributed by atoms with E-state index < -0.39 is 0 Å². The fourth-order valence-electron chi connectivity index (χ4n) is 1.07. The summed E-state index contributed by atoms with van der Waals surface area (Å²) >= 11 is 1.88. The molecule has 1 aromatic heterocycles. The molecule has 1 rings (SSSR count). The molecular weight excluding hydrogens is 182 g/mol. The number of thioether (sulfide) groups is 1. The highest BCUT2D eigenvalue weighted by atomic mass is 32.2. The van der Waals surface area contributed by atoms with Crippen LogP contribution in [0.4, 0.5) is 0 Å². The van der Waals surface area contributed by atoms with Crippen molar-refractivity contribution >= 4 is 11.8 Å². The minimum absolute atomic E-state index is 0.677. The average molecular weight is 199 g/mol. The Morgan fingerprint density at radius 3 is 3.00 bits per heavy atom. The first-order valence-electron chi connectivity index (χ1n) is 4.43. The predicted octanol–water partition coefficient (Wildman–Crippen LogP) is 1.26. The van der Waals surface area contributed by atoms with Gasteiger partial charge in [-0.25, -0.2) is 0 Å². The zero-order chi connectivity index (χ0) is 9.68. The van der Waals surface area contributed by atoms with Crippen molar-refractivity contribution in [3.8, 4) is 0 Å². The molecule has 0 fully saturated rings. The van der Waals surface area contributed by atoms with Crippen LogP contribution in [0.3, 0.4) is 0 Å². The fourth-order valence-corrected chi connectivity index (χ4v) is 1.35. The third-order valence-electron chi connectivity index (χ3n) is 1.92. The Bertz CT molecular complexity index is 247. The van der Waals surface area contributed by atoms with Crippen molar-refractivity contribution in [1.82, 2.24) is 15.1 Å². The molecule has 1 atom stereocenters. The molecule has 0 aliphatic rings. The molecule has 1 heterocycles. The first-order valence-corrected chi connectivity index (χ1v) is 5.72. The molecule has 1 aromatic rings. The second-order valence-electron chi connectivity index (χ2n) is 3.20. The van der Waals surface area contributed by atoms with Gasteiger partial charge < -0.3 is 5.32 Å². The predicted molar refractivity (Wildman–Crippen MR) is 57.9 cm³/mol. The lowest BCUT2D eigenvalue weighted by Crippen LogP contribution is -2.21. The van der Waals surface area contributed by atoms with E-state index in [-0.39, 0.29) is 0 Å². The number of aromatic nitrogens is 2. The summed E-state index contributed by atoms with van der Waals surface area (Å²) in [6, 6.07) is 0. The molecular formula is C9H17N3S. The van der Waals surface area contributed by atoms with Gasteiger partial charge in [0.1, 0.15) is 0 Å². The van der Waals surface area contributed by atoms with Crippen molar-refractivity contribution in [3.63, 3.8) is 0 Å². The topological polar surface area (TPSA) is 29.9 Å². The van der Waals surface area contributed by atoms with Crippen LogP contribution >= 0.6 is 11.8 Å². The molecule has 1 unspecified atom stereocenters. The normalized spacial score (nSPS) is 13.2. The summed E-state index contributed by atoms with van der Waals surface area (Å²) in [7, 11) is 1.94. The summed E-state index contributed by atoms with van der Waals surface area (Å²) in [5.74, 6) is 0. The van der Waals surface area contributed by atoms with Gasteiger partial charge in [-0.15, -0.1) is 0 Å². The molecule has 0 saturated carbocycles. The van der Waals surface area contributed by atoms with Crippen molar-refractivity contribution in [2.75, 3.05) is 12.8 Å². The van der Waals surface area contributed by atoms with Crippen LogP contribution in [0.5, 0.6) is 0 Å². The monoisotopic (exact) mass is 199 g/mol. The van der Waals surface area contributed by atoms with Crippen molar-refractivity contribution in [2.24, 2.45) is 7.05 Å². The summed E-state index contributed by atoms with van der Waals surface area (Å²) in [6.45, 7) is 4.19. The molecule has 13 heavy (non-hydrogen) atoms. The summed E-state index contributed by atoms with van der Waals surface area (Å²) < 4.78 is 1.83. The van der Waals surface area contributed by atoms with E-state index in [1.54, 1.807) is 0 Å². The number of nitrogens with one attached hydrogen (secondary N) is 1. The Balaban J connectivity index is 2.20. The SMILES string of the molecule is CSC(C)CNCc1cnn(C)c1. The molecule has 0 bridgehead atoms. The first kappa shape index (κ1) is 10.6. The van der Waals surface area contributed by atoms with Crippen LogP contribution in [-0.2, 0) is 13.6 Å². The van der Waals surface area contributed by atoms with Gasteiger partial charge in [0.05, 0.1) is 6.20 Å². The van der Waals surface area contributed by atoms with Crippen molar-refractivity contribution in [2.45, 2.75) is 18.7 Å². The lowest BCUT2D eigenvalue weighted by Gasteiger charge is -2.08. The molecule has 3 nitrogen and oxygen atoms in total. The van der Waals surface area contributed by atoms with Crippen molar-refractivity contribution in [3.05, 3.63) is 18.0 Å². The summed E-state index contributed by atoms with van der Waals surface area (Å²) in [4.78, 5) is 0. The highest BCUT2D eigenvalue weighted by Crippen LogP contribution is 2.03. The summed E-state index contributed by atoms with van der Waals surface area (Å²) in [5.41, 5.74) is 1.25. The molecule has 1 N–H and O–H groups in total. The van der Waals surface area contributed by atoms with Crippen LogP contribution in [0.2, 0.25) is 0 Å². The van der Waals surface area contributed by atoms with E-state index in [0.717, 1.165) is 13.1 Å². The van der Waals surface area contributed by atoms with Gasteiger partial charge in [0, 0.05) is 37.1 Å². The van der Waals surface area contributed by atoms with Crippen molar-refractivity contribution < 1.29 is 0 Å². The van der Waals surface area contributed by atoms with Crippen LogP contribution < -0.4 is 5.32 Å². The summed E-state index contributed by atoms with van der Waals surface area (Å²) in [5, 5.41) is 8.18. The zero-order valence-electron chi connectivity index (χ0n) is 8.45. The van der Waals surface area contributed by atoms with Crippen LogP contribution in [0, 0.1) is 0 Å². The molecule has 0 amide bonds. The maximum Gasteiger partial charge on any atom is 0.0534 e. The van der Waals surface area contributed by atoms with E-state index in [1.165, 1.54) is 5.56 Å². The van der Waals surface area contributed by atoms with Gasteiger partial charge in [-0.2, -0.15) is 16.9 Å².